The van der Waals surface area contributed by atoms with Crippen LogP contribution in [0.1, 0.15) is 18.4 Å². The van der Waals surface area contributed by atoms with Crippen LogP contribution in [0.3, 0.4) is 0 Å². The van der Waals surface area contributed by atoms with Crippen molar-refractivity contribution in [1.82, 2.24) is 4.31 Å². The Morgan fingerprint density at radius 3 is 2.89 bits per heavy atom. The maximum atomic E-state index is 12.5. The number of rotatable bonds is 3. The molecule has 0 amide bonds. The molecule has 0 radical (unpaired) electrons. The summed E-state index contributed by atoms with van der Waals surface area (Å²) in [6.45, 7) is 0.152. The molecule has 1 fully saturated rings. The molecule has 0 aromatic heterocycles. The third-order valence-corrected chi connectivity index (χ3v) is 5.25. The summed E-state index contributed by atoms with van der Waals surface area (Å²) in [5.74, 6) is 0. The second-order valence-corrected chi connectivity index (χ2v) is 6.32. The molecule has 1 aromatic carbocycles. The monoisotopic (exact) mass is 281 g/mol. The predicted molar refractivity (Wildman–Crippen MR) is 69.6 cm³/mol. The van der Waals surface area contributed by atoms with Crippen LogP contribution < -0.4 is 5.73 Å². The van der Waals surface area contributed by atoms with E-state index in [1.807, 2.05) is 6.07 Å². The van der Waals surface area contributed by atoms with E-state index >= 15 is 0 Å². The van der Waals surface area contributed by atoms with Crippen LogP contribution in [0.25, 0.3) is 0 Å². The van der Waals surface area contributed by atoms with E-state index in [1.165, 1.54) is 22.5 Å². The summed E-state index contributed by atoms with van der Waals surface area (Å²) in [6.07, 6.45) is 1.34. The number of aliphatic hydroxyl groups is 1. The third-order valence-electron chi connectivity index (χ3n) is 3.24. The van der Waals surface area contributed by atoms with Crippen LogP contribution in [0.5, 0.6) is 0 Å². The average Bonchev–Trinajstić information content (AvgIpc) is 2.87. The molecule has 0 bridgehead atoms. The Labute approximate surface area is 112 Å². The number of sulfonamides is 1. The molecule has 6 nitrogen and oxygen atoms in total. The SMILES string of the molecule is N#Cc1cc(N)ccc1S(=O)(=O)N1CCCC1CO. The number of nitriles is 1. The molecule has 1 atom stereocenters. The van der Waals surface area contributed by atoms with E-state index in [4.69, 9.17) is 11.0 Å². The van der Waals surface area contributed by atoms with Crippen molar-refractivity contribution in [2.75, 3.05) is 18.9 Å². The highest BCUT2D eigenvalue weighted by Crippen LogP contribution is 2.28. The highest BCUT2D eigenvalue weighted by molar-refractivity contribution is 7.89. The summed E-state index contributed by atoms with van der Waals surface area (Å²) < 4.78 is 26.3. The number of aliphatic hydroxyl groups excluding tert-OH is 1. The lowest BCUT2D eigenvalue weighted by Crippen LogP contribution is -2.37. The molecule has 0 aliphatic carbocycles. The van der Waals surface area contributed by atoms with Crippen LogP contribution in [0.4, 0.5) is 5.69 Å². The first-order valence-electron chi connectivity index (χ1n) is 5.93. The van der Waals surface area contributed by atoms with Crippen molar-refractivity contribution in [2.45, 2.75) is 23.8 Å². The topological polar surface area (TPSA) is 107 Å². The number of anilines is 1. The molecule has 0 saturated carbocycles. The maximum absolute atomic E-state index is 12.5. The summed E-state index contributed by atoms with van der Waals surface area (Å²) in [5.41, 5.74) is 5.93. The minimum atomic E-state index is -3.76. The fourth-order valence-corrected chi connectivity index (χ4v) is 4.10. The Balaban J connectivity index is 2.48. The zero-order valence-corrected chi connectivity index (χ0v) is 11.1. The van der Waals surface area contributed by atoms with Gasteiger partial charge in [-0.1, -0.05) is 0 Å². The van der Waals surface area contributed by atoms with Crippen LogP contribution in [-0.2, 0) is 10.0 Å². The highest BCUT2D eigenvalue weighted by atomic mass is 32.2. The average molecular weight is 281 g/mol. The molecule has 1 aliphatic heterocycles. The Kier molecular flexibility index (Phi) is 3.75. The Bertz CT molecular complexity index is 622. The number of nitrogen functional groups attached to an aromatic ring is 1. The standard InChI is InChI=1S/C12H15N3O3S/c13-7-9-6-10(14)3-4-12(9)19(17,18)15-5-1-2-11(15)8-16/h3-4,6,11,16H,1-2,5,8,14H2. The van der Waals surface area contributed by atoms with Gasteiger partial charge in [0.1, 0.15) is 11.0 Å². The van der Waals surface area contributed by atoms with E-state index in [0.717, 1.165) is 0 Å². The van der Waals surface area contributed by atoms with Crippen LogP contribution in [0.15, 0.2) is 23.1 Å². The van der Waals surface area contributed by atoms with Gasteiger partial charge in [0.15, 0.2) is 0 Å². The van der Waals surface area contributed by atoms with Gasteiger partial charge in [-0.2, -0.15) is 9.57 Å². The zero-order chi connectivity index (χ0) is 14.0. The number of hydrogen-bond acceptors (Lipinski definition) is 5. The molecule has 2 rings (SSSR count). The van der Waals surface area contributed by atoms with Crippen molar-refractivity contribution in [2.24, 2.45) is 0 Å². The summed E-state index contributed by atoms with van der Waals surface area (Å²) in [5, 5.41) is 18.3. The van der Waals surface area contributed by atoms with Crippen LogP contribution in [0, 0.1) is 11.3 Å². The van der Waals surface area contributed by atoms with Gasteiger partial charge in [-0.05, 0) is 31.0 Å². The van der Waals surface area contributed by atoms with Crippen molar-refractivity contribution in [3.8, 4) is 6.07 Å². The van der Waals surface area contributed by atoms with Crippen LogP contribution in [-0.4, -0.2) is 37.0 Å². The summed E-state index contributed by atoms with van der Waals surface area (Å²) in [6, 6.07) is 5.59. The summed E-state index contributed by atoms with van der Waals surface area (Å²) in [4.78, 5) is -0.0513. The second-order valence-electron chi connectivity index (χ2n) is 4.46. The van der Waals surface area contributed by atoms with Crippen LogP contribution >= 0.6 is 0 Å². The van der Waals surface area contributed by atoms with Crippen molar-refractivity contribution in [1.29, 1.82) is 5.26 Å². The minimum absolute atomic E-state index is 0.0311. The fourth-order valence-electron chi connectivity index (χ4n) is 2.29. The zero-order valence-electron chi connectivity index (χ0n) is 10.3. The lowest BCUT2D eigenvalue weighted by Gasteiger charge is -2.22. The van der Waals surface area contributed by atoms with Gasteiger partial charge in [0, 0.05) is 18.3 Å². The largest absolute Gasteiger partial charge is 0.399 e. The van der Waals surface area contributed by atoms with Gasteiger partial charge in [0.25, 0.3) is 0 Å². The summed E-state index contributed by atoms with van der Waals surface area (Å²) in [7, 11) is -3.76. The van der Waals surface area contributed by atoms with Gasteiger partial charge < -0.3 is 10.8 Å². The minimum Gasteiger partial charge on any atom is -0.399 e. The first kappa shape index (κ1) is 13.8. The molecule has 1 unspecified atom stereocenters. The Morgan fingerprint density at radius 1 is 1.53 bits per heavy atom. The highest BCUT2D eigenvalue weighted by Gasteiger charge is 2.36. The molecule has 7 heteroatoms. The van der Waals surface area contributed by atoms with Crippen molar-refractivity contribution >= 4 is 15.7 Å². The van der Waals surface area contributed by atoms with Gasteiger partial charge in [-0.25, -0.2) is 8.42 Å². The van der Waals surface area contributed by atoms with Crippen molar-refractivity contribution < 1.29 is 13.5 Å². The van der Waals surface area contributed by atoms with E-state index in [0.29, 0.717) is 25.1 Å². The van der Waals surface area contributed by atoms with Crippen molar-refractivity contribution in [3.63, 3.8) is 0 Å². The smallest absolute Gasteiger partial charge is 0.244 e. The van der Waals surface area contributed by atoms with E-state index in [1.54, 1.807) is 0 Å². The quantitative estimate of drug-likeness (QED) is 0.774. The maximum Gasteiger partial charge on any atom is 0.244 e. The summed E-state index contributed by atoms with van der Waals surface area (Å²) >= 11 is 0. The Hall–Kier alpha value is -1.62. The molecular formula is C12H15N3O3S. The molecule has 1 heterocycles. The van der Waals surface area contributed by atoms with E-state index in [9.17, 15) is 13.5 Å². The van der Waals surface area contributed by atoms with E-state index in [2.05, 4.69) is 0 Å². The van der Waals surface area contributed by atoms with E-state index < -0.39 is 16.1 Å². The molecule has 102 valence electrons. The number of nitrogens with zero attached hydrogens (tertiary/aromatic N) is 2. The Morgan fingerprint density at radius 2 is 2.26 bits per heavy atom. The van der Waals surface area contributed by atoms with Gasteiger partial charge >= 0.3 is 0 Å². The van der Waals surface area contributed by atoms with Gasteiger partial charge in [0.05, 0.1) is 12.2 Å². The molecule has 1 aromatic rings. The molecule has 3 N–H and O–H groups in total. The van der Waals surface area contributed by atoms with Crippen LogP contribution in [0.2, 0.25) is 0 Å². The first-order chi connectivity index (χ1) is 9.00. The third kappa shape index (κ3) is 2.42. The predicted octanol–water partition coefficient (Wildman–Crippen LogP) is 0.286. The van der Waals surface area contributed by atoms with Gasteiger partial charge in [0.2, 0.25) is 10.0 Å². The molecule has 1 aliphatic rings. The first-order valence-corrected chi connectivity index (χ1v) is 7.37. The van der Waals surface area contributed by atoms with E-state index in [-0.39, 0.29) is 17.1 Å². The lowest BCUT2D eigenvalue weighted by atomic mass is 10.2. The molecular weight excluding hydrogens is 266 g/mol. The number of benzene rings is 1. The second kappa shape index (κ2) is 5.17. The normalized spacial score (nSPS) is 20.3. The van der Waals surface area contributed by atoms with Gasteiger partial charge in [-0.15, -0.1) is 0 Å². The molecule has 1 saturated heterocycles. The van der Waals surface area contributed by atoms with Crippen molar-refractivity contribution in [3.05, 3.63) is 23.8 Å². The fraction of sp³-hybridized carbons (Fsp3) is 0.417. The number of hydrogen-bond donors (Lipinski definition) is 2. The van der Waals surface area contributed by atoms with Gasteiger partial charge in [-0.3, -0.25) is 0 Å². The molecule has 19 heavy (non-hydrogen) atoms. The number of nitrogens with two attached hydrogens (primary N) is 1. The lowest BCUT2D eigenvalue weighted by molar-refractivity contribution is 0.213. The molecule has 0 spiro atoms.